The fourth-order valence-electron chi connectivity index (χ4n) is 1.04. The van der Waals surface area contributed by atoms with Crippen LogP contribution in [0.5, 0.6) is 0 Å². The highest BCUT2D eigenvalue weighted by molar-refractivity contribution is 9.10. The lowest BCUT2D eigenvalue weighted by molar-refractivity contribution is -0.140. The minimum absolute atomic E-state index is 0.316. The summed E-state index contributed by atoms with van der Waals surface area (Å²) in [6.45, 7) is 0. The van der Waals surface area contributed by atoms with E-state index in [-0.39, 0.29) is 4.47 Å². The molecule has 0 saturated carbocycles. The molecule has 0 unspecified atom stereocenters. The zero-order valence-corrected chi connectivity index (χ0v) is 8.49. The van der Waals surface area contributed by atoms with Gasteiger partial charge in [-0.15, -0.1) is 0 Å². The maximum atomic E-state index is 12.9. The first-order valence-electron chi connectivity index (χ1n) is 3.53. The Bertz CT molecular complexity index is 414. The third-order valence-corrected chi connectivity index (χ3v) is 2.26. The van der Waals surface area contributed by atoms with Crippen LogP contribution >= 0.6 is 15.9 Å². The van der Waals surface area contributed by atoms with Gasteiger partial charge in [0, 0.05) is 4.47 Å². The molecule has 0 saturated heterocycles. The van der Waals surface area contributed by atoms with Crippen molar-refractivity contribution in [3.63, 3.8) is 0 Å². The van der Waals surface area contributed by atoms with Crippen LogP contribution in [0.25, 0.3) is 0 Å². The number of benzene rings is 1. The molecule has 15 heavy (non-hydrogen) atoms. The van der Waals surface area contributed by atoms with Crippen LogP contribution in [-0.4, -0.2) is 11.1 Å². The summed E-state index contributed by atoms with van der Waals surface area (Å²) >= 11 is 2.63. The average molecular weight is 287 g/mol. The topological polar surface area (TPSA) is 37.3 Å². The van der Waals surface area contributed by atoms with Crippen LogP contribution in [0.1, 0.15) is 15.9 Å². The molecule has 1 N–H and O–H groups in total. The van der Waals surface area contributed by atoms with E-state index in [0.29, 0.717) is 6.07 Å². The van der Waals surface area contributed by atoms with E-state index in [1.54, 1.807) is 0 Å². The van der Waals surface area contributed by atoms with Gasteiger partial charge in [0.25, 0.3) is 0 Å². The normalized spacial score (nSPS) is 11.5. The maximum Gasteiger partial charge on any atom is 0.420 e. The Morgan fingerprint density at radius 3 is 2.20 bits per heavy atom. The van der Waals surface area contributed by atoms with Crippen LogP contribution in [0.4, 0.5) is 17.6 Å². The Morgan fingerprint density at radius 1 is 1.33 bits per heavy atom. The fraction of sp³-hybridized carbons (Fsp3) is 0.125. The van der Waals surface area contributed by atoms with Crippen molar-refractivity contribution in [1.29, 1.82) is 0 Å². The SMILES string of the molecule is O=C(O)c1c(Br)ccc(F)c1C(F)(F)F. The minimum Gasteiger partial charge on any atom is -0.478 e. The summed E-state index contributed by atoms with van der Waals surface area (Å²) < 4.78 is 49.5. The zero-order valence-electron chi connectivity index (χ0n) is 6.90. The minimum atomic E-state index is -5.04. The van der Waals surface area contributed by atoms with Crippen LogP contribution in [0.15, 0.2) is 16.6 Å². The summed E-state index contributed by atoms with van der Waals surface area (Å²) in [4.78, 5) is 10.5. The second-order valence-electron chi connectivity index (χ2n) is 2.58. The first-order chi connectivity index (χ1) is 6.75. The molecule has 0 amide bonds. The molecule has 0 aliphatic rings. The molecule has 82 valence electrons. The lowest BCUT2D eigenvalue weighted by atomic mass is 10.1. The molecule has 0 aromatic heterocycles. The highest BCUT2D eigenvalue weighted by Crippen LogP contribution is 2.36. The highest BCUT2D eigenvalue weighted by Gasteiger charge is 2.39. The quantitative estimate of drug-likeness (QED) is 0.805. The second-order valence-corrected chi connectivity index (χ2v) is 3.44. The van der Waals surface area contributed by atoms with Gasteiger partial charge in [-0.1, -0.05) is 0 Å². The van der Waals surface area contributed by atoms with Gasteiger partial charge >= 0.3 is 12.1 Å². The molecule has 7 heteroatoms. The number of carboxylic acid groups (broad SMARTS) is 1. The van der Waals surface area contributed by atoms with Gasteiger partial charge in [0.2, 0.25) is 0 Å². The Labute approximate surface area is 89.6 Å². The molecule has 0 heterocycles. The molecule has 1 aromatic carbocycles. The van der Waals surface area contributed by atoms with Crippen LogP contribution in [0.2, 0.25) is 0 Å². The summed E-state index contributed by atoms with van der Waals surface area (Å²) in [7, 11) is 0. The van der Waals surface area contributed by atoms with Crippen molar-refractivity contribution in [1.82, 2.24) is 0 Å². The van der Waals surface area contributed by atoms with Crippen LogP contribution in [-0.2, 0) is 6.18 Å². The molecule has 2 nitrogen and oxygen atoms in total. The van der Waals surface area contributed by atoms with E-state index < -0.39 is 29.1 Å². The molecular weight excluding hydrogens is 284 g/mol. The first-order valence-corrected chi connectivity index (χ1v) is 4.33. The Morgan fingerprint density at radius 2 is 1.87 bits per heavy atom. The second kappa shape index (κ2) is 3.80. The standard InChI is InChI=1S/C8H3BrF4O2/c9-3-1-2-4(10)6(8(11,12)13)5(3)7(14)15/h1-2H,(H,14,15). The number of carbonyl (C=O) groups is 1. The van der Waals surface area contributed by atoms with Crippen molar-refractivity contribution in [3.05, 3.63) is 33.5 Å². The van der Waals surface area contributed by atoms with Gasteiger partial charge in [-0.25, -0.2) is 9.18 Å². The van der Waals surface area contributed by atoms with E-state index in [1.165, 1.54) is 0 Å². The van der Waals surface area contributed by atoms with Crippen LogP contribution in [0, 0.1) is 5.82 Å². The fourth-order valence-corrected chi connectivity index (χ4v) is 1.54. The van der Waals surface area contributed by atoms with Crippen molar-refractivity contribution in [2.24, 2.45) is 0 Å². The van der Waals surface area contributed by atoms with Crippen molar-refractivity contribution in [2.45, 2.75) is 6.18 Å². The van der Waals surface area contributed by atoms with Gasteiger partial charge in [0.1, 0.15) is 11.4 Å². The van der Waals surface area contributed by atoms with E-state index in [1.807, 2.05) is 0 Å². The van der Waals surface area contributed by atoms with E-state index >= 15 is 0 Å². The number of carboxylic acids is 1. The third-order valence-electron chi connectivity index (χ3n) is 1.60. The Kier molecular flexibility index (Phi) is 3.03. The molecular formula is C8H3BrF4O2. The smallest absolute Gasteiger partial charge is 0.420 e. The predicted octanol–water partition coefficient (Wildman–Crippen LogP) is 3.31. The molecule has 0 aliphatic carbocycles. The summed E-state index contributed by atoms with van der Waals surface area (Å²) in [6, 6.07) is 1.47. The summed E-state index contributed by atoms with van der Waals surface area (Å²) in [5.74, 6) is -3.45. The molecule has 1 aromatic rings. The van der Waals surface area contributed by atoms with E-state index in [9.17, 15) is 22.4 Å². The highest BCUT2D eigenvalue weighted by atomic mass is 79.9. The summed E-state index contributed by atoms with van der Waals surface area (Å²) in [5.41, 5.74) is -2.90. The number of hydrogen-bond donors (Lipinski definition) is 1. The van der Waals surface area contributed by atoms with Crippen LogP contribution in [0.3, 0.4) is 0 Å². The largest absolute Gasteiger partial charge is 0.478 e. The number of aromatic carboxylic acids is 1. The molecule has 0 spiro atoms. The summed E-state index contributed by atoms with van der Waals surface area (Å²) in [6.07, 6.45) is -5.04. The van der Waals surface area contributed by atoms with E-state index in [4.69, 9.17) is 5.11 Å². The van der Waals surface area contributed by atoms with Crippen molar-refractivity contribution in [2.75, 3.05) is 0 Å². The van der Waals surface area contributed by atoms with Gasteiger partial charge in [-0.3, -0.25) is 0 Å². The van der Waals surface area contributed by atoms with Gasteiger partial charge in [-0.05, 0) is 28.1 Å². The molecule has 0 fully saturated rings. The van der Waals surface area contributed by atoms with Gasteiger partial charge in [0.05, 0.1) is 5.56 Å². The van der Waals surface area contributed by atoms with Gasteiger partial charge in [-0.2, -0.15) is 13.2 Å². The number of halogens is 5. The van der Waals surface area contributed by atoms with E-state index in [2.05, 4.69) is 15.9 Å². The lowest BCUT2D eigenvalue weighted by Gasteiger charge is -2.12. The zero-order chi connectivity index (χ0) is 11.8. The van der Waals surface area contributed by atoms with Crippen molar-refractivity contribution in [3.8, 4) is 0 Å². The summed E-state index contributed by atoms with van der Waals surface area (Å²) in [5, 5.41) is 8.54. The number of hydrogen-bond acceptors (Lipinski definition) is 1. The molecule has 0 radical (unpaired) electrons. The monoisotopic (exact) mass is 286 g/mol. The number of alkyl halides is 3. The van der Waals surface area contributed by atoms with Crippen molar-refractivity contribution < 1.29 is 27.5 Å². The lowest BCUT2D eigenvalue weighted by Crippen LogP contribution is -2.16. The Hall–Kier alpha value is -1.11. The molecule has 0 atom stereocenters. The molecule has 1 rings (SSSR count). The van der Waals surface area contributed by atoms with Gasteiger partial charge in [0.15, 0.2) is 0 Å². The predicted molar refractivity (Wildman–Crippen MR) is 46.1 cm³/mol. The molecule has 0 aliphatic heterocycles. The number of rotatable bonds is 1. The molecule has 0 bridgehead atoms. The van der Waals surface area contributed by atoms with Crippen molar-refractivity contribution >= 4 is 21.9 Å². The van der Waals surface area contributed by atoms with Gasteiger partial charge < -0.3 is 5.11 Å². The third kappa shape index (κ3) is 2.28. The van der Waals surface area contributed by atoms with Crippen LogP contribution < -0.4 is 0 Å². The van der Waals surface area contributed by atoms with E-state index in [0.717, 1.165) is 6.07 Å². The average Bonchev–Trinajstić information content (AvgIpc) is 2.05. The Balaban J connectivity index is 3.60. The first kappa shape index (κ1) is 12.0. The maximum absolute atomic E-state index is 12.9.